The molecule has 2 aromatic carbocycles. The van der Waals surface area contributed by atoms with E-state index in [0.29, 0.717) is 11.3 Å². The summed E-state index contributed by atoms with van der Waals surface area (Å²) < 4.78 is 48.3. The second kappa shape index (κ2) is 9.99. The molecule has 0 amide bonds. The Morgan fingerprint density at radius 2 is 1.90 bits per heavy atom. The third-order valence-corrected chi connectivity index (χ3v) is 7.47. The molecule has 0 aliphatic carbocycles. The van der Waals surface area contributed by atoms with E-state index in [9.17, 15) is 18.0 Å². The molecule has 0 N–H and O–H groups in total. The van der Waals surface area contributed by atoms with Crippen LogP contribution in [0.4, 0.5) is 13.2 Å². The van der Waals surface area contributed by atoms with Crippen LogP contribution in [-0.4, -0.2) is 41.8 Å². The van der Waals surface area contributed by atoms with Gasteiger partial charge in [0.25, 0.3) is 0 Å². The minimum absolute atomic E-state index is 0.0681. The Balaban J connectivity index is 1.56. The number of carbonyl (C=O) groups excluding carboxylic acids is 1. The molecule has 0 spiro atoms. The maximum absolute atomic E-state index is 12.8. The molecule has 0 saturated heterocycles. The van der Waals surface area contributed by atoms with Crippen molar-refractivity contribution in [2.24, 2.45) is 4.99 Å². The first kappa shape index (κ1) is 23.5. The van der Waals surface area contributed by atoms with Crippen molar-refractivity contribution in [1.82, 2.24) is 0 Å². The molecule has 0 aromatic heterocycles. The second-order valence-electron chi connectivity index (χ2n) is 7.01. The van der Waals surface area contributed by atoms with E-state index < -0.39 is 17.7 Å². The maximum Gasteiger partial charge on any atom is 0.416 e. The molecular formula is C22H22F3NO3S2. The van der Waals surface area contributed by atoms with Crippen LogP contribution in [0.25, 0.3) is 0 Å². The van der Waals surface area contributed by atoms with Crippen molar-refractivity contribution in [2.75, 3.05) is 19.5 Å². The van der Waals surface area contributed by atoms with E-state index >= 15 is 0 Å². The third-order valence-electron chi connectivity index (χ3n) is 4.71. The van der Waals surface area contributed by atoms with Crippen molar-refractivity contribution in [3.8, 4) is 5.75 Å². The Hall–Kier alpha value is -2.13. The van der Waals surface area contributed by atoms with Crippen LogP contribution in [-0.2, 0) is 15.7 Å². The standard InChI is InChI=1S/C22H22F3NO3S2/c1-13-10-17(8-9-18(13)29-11-20(27)28-3)30-12-19-14(2)26-21(31-19)15-4-6-16(7-5-15)22(23,24)25/h4-10,14,19H,11-12H2,1-3H3. The van der Waals surface area contributed by atoms with Gasteiger partial charge in [0, 0.05) is 21.5 Å². The smallest absolute Gasteiger partial charge is 0.416 e. The van der Waals surface area contributed by atoms with E-state index in [-0.39, 0.29) is 17.9 Å². The zero-order chi connectivity index (χ0) is 22.6. The van der Waals surface area contributed by atoms with Gasteiger partial charge in [-0.3, -0.25) is 4.99 Å². The number of alkyl halides is 3. The number of aryl methyl sites for hydroxylation is 1. The van der Waals surface area contributed by atoms with Gasteiger partial charge in [0.2, 0.25) is 0 Å². The number of aliphatic imine (C=N–C) groups is 1. The summed E-state index contributed by atoms with van der Waals surface area (Å²) in [7, 11) is 1.31. The molecule has 1 aliphatic rings. The van der Waals surface area contributed by atoms with Crippen molar-refractivity contribution in [3.63, 3.8) is 0 Å². The van der Waals surface area contributed by atoms with E-state index in [2.05, 4.69) is 9.73 Å². The van der Waals surface area contributed by atoms with Crippen LogP contribution < -0.4 is 4.74 Å². The molecule has 1 aliphatic heterocycles. The van der Waals surface area contributed by atoms with Crippen LogP contribution in [0, 0.1) is 6.92 Å². The minimum atomic E-state index is -4.34. The monoisotopic (exact) mass is 469 g/mol. The van der Waals surface area contributed by atoms with Crippen LogP contribution in [0.2, 0.25) is 0 Å². The summed E-state index contributed by atoms with van der Waals surface area (Å²) in [5.74, 6) is 1.00. The summed E-state index contributed by atoms with van der Waals surface area (Å²) >= 11 is 3.28. The molecule has 0 saturated carbocycles. The fraction of sp³-hybridized carbons (Fsp3) is 0.364. The molecule has 0 bridgehead atoms. The van der Waals surface area contributed by atoms with Gasteiger partial charge in [0.05, 0.1) is 23.8 Å². The van der Waals surface area contributed by atoms with Crippen molar-refractivity contribution in [2.45, 2.75) is 36.2 Å². The molecular weight excluding hydrogens is 447 g/mol. The highest BCUT2D eigenvalue weighted by molar-refractivity contribution is 8.16. The number of nitrogens with zero attached hydrogens (tertiary/aromatic N) is 1. The molecule has 166 valence electrons. The lowest BCUT2D eigenvalue weighted by molar-refractivity contribution is -0.143. The first-order chi connectivity index (χ1) is 14.7. The average molecular weight is 470 g/mol. The number of thioether (sulfide) groups is 2. The van der Waals surface area contributed by atoms with E-state index in [1.54, 1.807) is 23.5 Å². The van der Waals surface area contributed by atoms with Gasteiger partial charge >= 0.3 is 12.1 Å². The Morgan fingerprint density at radius 1 is 1.19 bits per heavy atom. The minimum Gasteiger partial charge on any atom is -0.482 e. The highest BCUT2D eigenvalue weighted by atomic mass is 32.2. The predicted octanol–water partition coefficient (Wildman–Crippen LogP) is 5.61. The number of esters is 1. The van der Waals surface area contributed by atoms with E-state index in [1.165, 1.54) is 19.2 Å². The predicted molar refractivity (Wildman–Crippen MR) is 118 cm³/mol. The van der Waals surface area contributed by atoms with E-state index in [1.807, 2.05) is 32.0 Å². The van der Waals surface area contributed by atoms with Crippen LogP contribution in [0.15, 0.2) is 52.4 Å². The number of halogens is 3. The van der Waals surface area contributed by atoms with Gasteiger partial charge in [-0.05, 0) is 49.7 Å². The van der Waals surface area contributed by atoms with Crippen LogP contribution in [0.5, 0.6) is 5.75 Å². The maximum atomic E-state index is 12.8. The van der Waals surface area contributed by atoms with Gasteiger partial charge in [0.1, 0.15) is 5.75 Å². The molecule has 2 unspecified atom stereocenters. The normalized spacial score (nSPS) is 18.6. The van der Waals surface area contributed by atoms with E-state index in [0.717, 1.165) is 33.4 Å². The quantitative estimate of drug-likeness (QED) is 0.390. The summed E-state index contributed by atoms with van der Waals surface area (Å²) in [5.41, 5.74) is 0.970. The number of hydrogen-bond donors (Lipinski definition) is 0. The van der Waals surface area contributed by atoms with Gasteiger partial charge in [-0.1, -0.05) is 23.9 Å². The SMILES string of the molecule is COC(=O)COc1ccc(SCC2SC(c3ccc(C(F)(F)F)cc3)=NC2C)cc1C. The summed E-state index contributed by atoms with van der Waals surface area (Å²) in [5, 5.41) is 0.993. The van der Waals surface area contributed by atoms with Crippen molar-refractivity contribution < 1.29 is 27.4 Å². The molecule has 4 nitrogen and oxygen atoms in total. The summed E-state index contributed by atoms with van der Waals surface area (Å²) in [4.78, 5) is 16.9. The molecule has 3 rings (SSSR count). The first-order valence-corrected chi connectivity index (χ1v) is 11.4. The Morgan fingerprint density at radius 3 is 2.52 bits per heavy atom. The lowest BCUT2D eigenvalue weighted by Crippen LogP contribution is -2.16. The fourth-order valence-corrected chi connectivity index (χ4v) is 5.49. The largest absolute Gasteiger partial charge is 0.482 e. The summed E-state index contributed by atoms with van der Waals surface area (Å²) in [6, 6.07) is 11.0. The molecule has 31 heavy (non-hydrogen) atoms. The zero-order valence-corrected chi connectivity index (χ0v) is 18.9. The van der Waals surface area contributed by atoms with Gasteiger partial charge < -0.3 is 9.47 Å². The molecule has 9 heteroatoms. The number of ether oxygens (including phenoxy) is 2. The number of hydrogen-bond acceptors (Lipinski definition) is 6. The Bertz CT molecular complexity index is 961. The van der Waals surface area contributed by atoms with Crippen molar-refractivity contribution in [1.29, 1.82) is 0 Å². The highest BCUT2D eigenvalue weighted by Crippen LogP contribution is 2.36. The zero-order valence-electron chi connectivity index (χ0n) is 17.2. The lowest BCUT2D eigenvalue weighted by atomic mass is 10.1. The summed E-state index contributed by atoms with van der Waals surface area (Å²) in [6.45, 7) is 3.80. The Kier molecular flexibility index (Phi) is 7.59. The number of benzene rings is 2. The molecule has 2 aromatic rings. The van der Waals surface area contributed by atoms with Crippen molar-refractivity contribution in [3.05, 3.63) is 59.2 Å². The molecule has 1 heterocycles. The molecule has 2 atom stereocenters. The highest BCUT2D eigenvalue weighted by Gasteiger charge is 2.31. The lowest BCUT2D eigenvalue weighted by Gasteiger charge is -2.14. The van der Waals surface area contributed by atoms with E-state index in [4.69, 9.17) is 4.74 Å². The topological polar surface area (TPSA) is 47.9 Å². The van der Waals surface area contributed by atoms with Gasteiger partial charge in [0.15, 0.2) is 6.61 Å². The fourth-order valence-electron chi connectivity index (χ4n) is 2.91. The molecule has 0 fully saturated rings. The second-order valence-corrected chi connectivity index (χ2v) is 9.33. The Labute approximate surface area is 187 Å². The summed E-state index contributed by atoms with van der Waals surface area (Å²) in [6.07, 6.45) is -4.34. The van der Waals surface area contributed by atoms with Gasteiger partial charge in [-0.25, -0.2) is 4.79 Å². The van der Waals surface area contributed by atoms with Crippen molar-refractivity contribution >= 4 is 34.5 Å². The van der Waals surface area contributed by atoms with Gasteiger partial charge in [-0.2, -0.15) is 13.2 Å². The number of rotatable bonds is 7. The van der Waals surface area contributed by atoms with Crippen LogP contribution >= 0.6 is 23.5 Å². The van der Waals surface area contributed by atoms with Crippen LogP contribution in [0.1, 0.15) is 23.6 Å². The number of carbonyl (C=O) groups is 1. The third kappa shape index (κ3) is 6.20. The van der Waals surface area contributed by atoms with Crippen LogP contribution in [0.3, 0.4) is 0 Å². The molecule has 0 radical (unpaired) electrons. The first-order valence-electron chi connectivity index (χ1n) is 9.52. The average Bonchev–Trinajstić information content (AvgIpc) is 3.11. The van der Waals surface area contributed by atoms with Gasteiger partial charge in [-0.15, -0.1) is 11.8 Å². The number of methoxy groups -OCH3 is 1.